The van der Waals surface area contributed by atoms with E-state index >= 15 is 0 Å². The van der Waals surface area contributed by atoms with E-state index in [0.717, 1.165) is 39.1 Å². The number of hydrogen-bond acceptors (Lipinski definition) is 5. The SMILES string of the molecule is CCOc1ccc(-c2csc(NC(=O)CCCSc3ccc(Cl)cc3)n2)cc1. The first-order valence-electron chi connectivity index (χ1n) is 9.01. The van der Waals surface area contributed by atoms with Gasteiger partial charge in [-0.3, -0.25) is 4.79 Å². The Balaban J connectivity index is 1.43. The van der Waals surface area contributed by atoms with Crippen LogP contribution in [-0.2, 0) is 4.79 Å². The van der Waals surface area contributed by atoms with Crippen molar-refractivity contribution in [1.29, 1.82) is 0 Å². The van der Waals surface area contributed by atoms with Gasteiger partial charge in [0.1, 0.15) is 5.75 Å². The molecule has 1 N–H and O–H groups in total. The first kappa shape index (κ1) is 20.7. The van der Waals surface area contributed by atoms with Crippen molar-refractivity contribution >= 4 is 45.7 Å². The number of carbonyl (C=O) groups is 1. The number of benzene rings is 2. The van der Waals surface area contributed by atoms with Crippen LogP contribution in [0.1, 0.15) is 19.8 Å². The van der Waals surface area contributed by atoms with Crippen molar-refractivity contribution in [2.24, 2.45) is 0 Å². The average molecular weight is 433 g/mol. The molecular formula is C21H21ClN2O2S2. The summed E-state index contributed by atoms with van der Waals surface area (Å²) in [6.45, 7) is 2.60. The number of hydrogen-bond donors (Lipinski definition) is 1. The van der Waals surface area contributed by atoms with Crippen molar-refractivity contribution in [3.8, 4) is 17.0 Å². The zero-order valence-electron chi connectivity index (χ0n) is 15.5. The molecule has 0 atom stereocenters. The molecule has 0 spiro atoms. The largest absolute Gasteiger partial charge is 0.494 e. The first-order valence-corrected chi connectivity index (χ1v) is 11.3. The van der Waals surface area contributed by atoms with Gasteiger partial charge in [-0.05, 0) is 67.6 Å². The number of ether oxygens (including phenoxy) is 1. The summed E-state index contributed by atoms with van der Waals surface area (Å²) in [6, 6.07) is 15.5. The van der Waals surface area contributed by atoms with Crippen LogP contribution in [-0.4, -0.2) is 23.3 Å². The maximum absolute atomic E-state index is 12.1. The summed E-state index contributed by atoms with van der Waals surface area (Å²) < 4.78 is 5.45. The van der Waals surface area contributed by atoms with Crippen LogP contribution in [0.5, 0.6) is 5.75 Å². The maximum Gasteiger partial charge on any atom is 0.226 e. The number of carbonyl (C=O) groups excluding carboxylic acids is 1. The molecule has 0 bridgehead atoms. The second-order valence-corrected chi connectivity index (χ2v) is 8.41. The monoisotopic (exact) mass is 432 g/mol. The first-order chi connectivity index (χ1) is 13.6. The number of nitrogens with one attached hydrogen (secondary N) is 1. The van der Waals surface area contributed by atoms with Crippen molar-refractivity contribution in [3.05, 3.63) is 58.9 Å². The quantitative estimate of drug-likeness (QED) is 0.315. The standard InChI is InChI=1S/C21H21ClN2O2S2/c1-2-26-17-9-5-15(6-10-17)19-14-28-21(23-19)24-20(25)4-3-13-27-18-11-7-16(22)8-12-18/h5-12,14H,2-4,13H2,1H3,(H,23,24,25). The minimum Gasteiger partial charge on any atom is -0.494 e. The minimum atomic E-state index is -0.00991. The van der Waals surface area contributed by atoms with Crippen LogP contribution in [0.25, 0.3) is 11.3 Å². The van der Waals surface area contributed by atoms with Gasteiger partial charge in [-0.1, -0.05) is 11.6 Å². The Morgan fingerprint density at radius 1 is 1.18 bits per heavy atom. The molecule has 2 aromatic carbocycles. The highest BCUT2D eigenvalue weighted by atomic mass is 35.5. The Morgan fingerprint density at radius 2 is 1.93 bits per heavy atom. The minimum absolute atomic E-state index is 0.00991. The van der Waals surface area contributed by atoms with Gasteiger partial charge in [0.15, 0.2) is 5.13 Å². The summed E-state index contributed by atoms with van der Waals surface area (Å²) in [5, 5.41) is 6.19. The van der Waals surface area contributed by atoms with Crippen molar-refractivity contribution in [2.45, 2.75) is 24.7 Å². The molecule has 4 nitrogen and oxygen atoms in total. The number of amides is 1. The molecule has 0 saturated heterocycles. The predicted octanol–water partition coefficient (Wildman–Crippen LogP) is 6.37. The third-order valence-electron chi connectivity index (χ3n) is 3.84. The van der Waals surface area contributed by atoms with E-state index in [4.69, 9.17) is 16.3 Å². The molecule has 1 heterocycles. The topological polar surface area (TPSA) is 51.2 Å². The van der Waals surface area contributed by atoms with Crippen LogP contribution in [0.2, 0.25) is 5.02 Å². The summed E-state index contributed by atoms with van der Waals surface area (Å²) in [7, 11) is 0. The Kier molecular flexibility index (Phi) is 7.77. The molecule has 28 heavy (non-hydrogen) atoms. The van der Waals surface area contributed by atoms with E-state index in [1.54, 1.807) is 11.8 Å². The fraction of sp³-hybridized carbons (Fsp3) is 0.238. The molecule has 146 valence electrons. The number of halogens is 1. The van der Waals surface area contributed by atoms with E-state index in [0.29, 0.717) is 18.2 Å². The van der Waals surface area contributed by atoms with Gasteiger partial charge in [-0.2, -0.15) is 0 Å². The molecule has 1 amide bonds. The van der Waals surface area contributed by atoms with Crippen LogP contribution in [0, 0.1) is 0 Å². The highest BCUT2D eigenvalue weighted by Crippen LogP contribution is 2.27. The van der Waals surface area contributed by atoms with Crippen molar-refractivity contribution < 1.29 is 9.53 Å². The number of aromatic nitrogens is 1. The van der Waals surface area contributed by atoms with Gasteiger partial charge in [0.25, 0.3) is 0 Å². The summed E-state index contributed by atoms with van der Waals surface area (Å²) >= 11 is 9.03. The summed E-state index contributed by atoms with van der Waals surface area (Å²) in [5.74, 6) is 1.71. The van der Waals surface area contributed by atoms with Gasteiger partial charge < -0.3 is 10.1 Å². The second kappa shape index (κ2) is 10.5. The van der Waals surface area contributed by atoms with E-state index in [2.05, 4.69) is 10.3 Å². The lowest BCUT2D eigenvalue weighted by molar-refractivity contribution is -0.116. The second-order valence-electron chi connectivity index (χ2n) is 5.95. The van der Waals surface area contributed by atoms with Crippen LogP contribution in [0.15, 0.2) is 58.8 Å². The van der Waals surface area contributed by atoms with Gasteiger partial charge in [0, 0.05) is 27.3 Å². The van der Waals surface area contributed by atoms with Crippen LogP contribution in [0.4, 0.5) is 5.13 Å². The maximum atomic E-state index is 12.1. The molecule has 7 heteroatoms. The molecule has 0 saturated carbocycles. The summed E-state index contributed by atoms with van der Waals surface area (Å²) in [5.41, 5.74) is 1.85. The molecule has 0 aliphatic carbocycles. The molecule has 0 radical (unpaired) electrons. The lowest BCUT2D eigenvalue weighted by Gasteiger charge is -2.04. The van der Waals surface area contributed by atoms with Gasteiger partial charge in [0.2, 0.25) is 5.91 Å². The zero-order valence-corrected chi connectivity index (χ0v) is 17.9. The fourth-order valence-corrected chi connectivity index (χ4v) is 4.20. The third-order valence-corrected chi connectivity index (χ3v) is 5.95. The molecule has 0 fully saturated rings. The van der Waals surface area contributed by atoms with E-state index < -0.39 is 0 Å². The van der Waals surface area contributed by atoms with Crippen LogP contribution < -0.4 is 10.1 Å². The molecule has 0 aliphatic rings. The Morgan fingerprint density at radius 3 is 2.64 bits per heavy atom. The van der Waals surface area contributed by atoms with Gasteiger partial charge in [0.05, 0.1) is 12.3 Å². The number of nitrogens with zero attached hydrogens (tertiary/aromatic N) is 1. The van der Waals surface area contributed by atoms with Gasteiger partial charge >= 0.3 is 0 Å². The molecular weight excluding hydrogens is 412 g/mol. The van der Waals surface area contributed by atoms with E-state index in [1.807, 2.05) is 60.8 Å². The summed E-state index contributed by atoms with van der Waals surface area (Å²) in [4.78, 5) is 17.8. The number of thioether (sulfide) groups is 1. The Hall–Kier alpha value is -2.02. The molecule has 0 unspecified atom stereocenters. The van der Waals surface area contributed by atoms with Gasteiger partial charge in [-0.15, -0.1) is 23.1 Å². The molecule has 0 aliphatic heterocycles. The van der Waals surface area contributed by atoms with Crippen LogP contribution >= 0.6 is 34.7 Å². The number of anilines is 1. The smallest absolute Gasteiger partial charge is 0.226 e. The molecule has 3 aromatic rings. The number of thiazole rings is 1. The predicted molar refractivity (Wildman–Crippen MR) is 119 cm³/mol. The fourth-order valence-electron chi connectivity index (χ4n) is 2.49. The lowest BCUT2D eigenvalue weighted by Crippen LogP contribution is -2.11. The highest BCUT2D eigenvalue weighted by molar-refractivity contribution is 7.99. The molecule has 3 rings (SSSR count). The Labute approximate surface area is 178 Å². The third kappa shape index (κ3) is 6.26. The van der Waals surface area contributed by atoms with E-state index in [-0.39, 0.29) is 5.91 Å². The lowest BCUT2D eigenvalue weighted by atomic mass is 10.2. The summed E-state index contributed by atoms with van der Waals surface area (Å²) in [6.07, 6.45) is 1.27. The number of rotatable bonds is 9. The zero-order chi connectivity index (χ0) is 19.8. The van der Waals surface area contributed by atoms with Crippen molar-refractivity contribution in [2.75, 3.05) is 17.7 Å². The molecule has 1 aromatic heterocycles. The van der Waals surface area contributed by atoms with Crippen LogP contribution in [0.3, 0.4) is 0 Å². The average Bonchev–Trinajstić information content (AvgIpc) is 3.16. The normalized spacial score (nSPS) is 10.6. The highest BCUT2D eigenvalue weighted by Gasteiger charge is 2.08. The van der Waals surface area contributed by atoms with E-state index in [9.17, 15) is 4.79 Å². The Bertz CT molecular complexity index is 896. The van der Waals surface area contributed by atoms with Crippen molar-refractivity contribution in [3.63, 3.8) is 0 Å². The van der Waals surface area contributed by atoms with E-state index in [1.165, 1.54) is 11.3 Å². The van der Waals surface area contributed by atoms with Gasteiger partial charge in [-0.25, -0.2) is 4.98 Å². The van der Waals surface area contributed by atoms with Crippen molar-refractivity contribution in [1.82, 2.24) is 4.98 Å².